The van der Waals surface area contributed by atoms with Gasteiger partial charge in [-0.05, 0) is 62.7 Å². The van der Waals surface area contributed by atoms with Crippen molar-refractivity contribution in [2.45, 2.75) is 129 Å². The van der Waals surface area contributed by atoms with E-state index in [-0.39, 0.29) is 18.2 Å². The van der Waals surface area contributed by atoms with E-state index in [1.165, 1.54) is 32.1 Å². The number of carboxylic acid groups (broad SMARTS) is 1. The van der Waals surface area contributed by atoms with Gasteiger partial charge in [0.05, 0.1) is 24.7 Å². The molecule has 2 aliphatic rings. The number of carbonyl (C=O) groups excluding carboxylic acids is 1. The predicted octanol–water partition coefficient (Wildman–Crippen LogP) is 10.7. The van der Waals surface area contributed by atoms with E-state index in [9.17, 15) is 14.7 Å². The van der Waals surface area contributed by atoms with Gasteiger partial charge in [-0.25, -0.2) is 0 Å². The summed E-state index contributed by atoms with van der Waals surface area (Å²) in [5.74, 6) is 0.255. The fourth-order valence-electron chi connectivity index (χ4n) is 6.28. The van der Waals surface area contributed by atoms with Crippen LogP contribution in [-0.2, 0) is 19.1 Å². The summed E-state index contributed by atoms with van der Waals surface area (Å²) in [5, 5.41) is 9.74. The molecule has 2 rings (SSSR count). The van der Waals surface area contributed by atoms with Gasteiger partial charge in [0.2, 0.25) is 0 Å². The maximum Gasteiger partial charge on any atom is 0.309 e. The summed E-state index contributed by atoms with van der Waals surface area (Å²) in [5.41, 5.74) is 0. The van der Waals surface area contributed by atoms with E-state index in [0.717, 1.165) is 51.4 Å². The Labute approximate surface area is 280 Å². The normalized spacial score (nSPS) is 29.7. The second-order valence-corrected chi connectivity index (χ2v) is 13.5. The van der Waals surface area contributed by atoms with Gasteiger partial charge >= 0.3 is 11.9 Å². The minimum Gasteiger partial charge on any atom is -0.481 e. The number of aliphatic carboxylic acids is 1. The van der Waals surface area contributed by atoms with Gasteiger partial charge in [-0.3, -0.25) is 9.59 Å². The third-order valence-electron chi connectivity index (χ3n) is 8.95. The Morgan fingerprint density at radius 1 is 0.674 bits per heavy atom. The largest absolute Gasteiger partial charge is 0.481 e. The van der Waals surface area contributed by atoms with Crippen LogP contribution < -0.4 is 0 Å². The van der Waals surface area contributed by atoms with E-state index in [0.29, 0.717) is 37.2 Å². The SMILES string of the molecule is CC1C=CC=CC=CC=CC=CC=CC=CCCC2OC(CCCC(C)CCCCCCCC(=O)OCC(C)C1)CCC2C(=O)O. The molecule has 0 saturated carbocycles. The van der Waals surface area contributed by atoms with E-state index in [1.807, 2.05) is 66.8 Å². The molecule has 6 unspecified atom stereocenters. The quantitative estimate of drug-likeness (QED) is 0.291. The molecule has 0 amide bonds. The van der Waals surface area contributed by atoms with Gasteiger partial charge in [0, 0.05) is 6.42 Å². The first-order chi connectivity index (χ1) is 22.3. The fraction of sp³-hybridized carbons (Fsp3) is 0.610. The maximum atomic E-state index is 12.2. The lowest BCUT2D eigenvalue weighted by atomic mass is 9.87. The molecule has 5 heteroatoms. The van der Waals surface area contributed by atoms with Crippen molar-refractivity contribution in [2.24, 2.45) is 23.7 Å². The average Bonchev–Trinajstić information content (AvgIpc) is 3.02. The fourth-order valence-corrected chi connectivity index (χ4v) is 6.28. The number of hydrogen-bond acceptors (Lipinski definition) is 4. The van der Waals surface area contributed by atoms with Gasteiger partial charge in [-0.2, -0.15) is 0 Å². The van der Waals surface area contributed by atoms with Crippen molar-refractivity contribution in [3.8, 4) is 0 Å². The van der Waals surface area contributed by atoms with E-state index in [4.69, 9.17) is 9.47 Å². The number of hydrogen-bond donors (Lipinski definition) is 1. The molecule has 1 saturated heterocycles. The van der Waals surface area contributed by atoms with Gasteiger partial charge in [-0.15, -0.1) is 0 Å². The molecule has 0 aromatic carbocycles. The smallest absolute Gasteiger partial charge is 0.309 e. The zero-order valence-corrected chi connectivity index (χ0v) is 28.9. The summed E-state index contributed by atoms with van der Waals surface area (Å²) >= 11 is 0. The first-order valence-corrected chi connectivity index (χ1v) is 18.1. The second-order valence-electron chi connectivity index (χ2n) is 13.5. The first-order valence-electron chi connectivity index (χ1n) is 18.1. The van der Waals surface area contributed by atoms with Crippen LogP contribution in [0.15, 0.2) is 85.1 Å². The molecule has 2 bridgehead atoms. The van der Waals surface area contributed by atoms with Crippen LogP contribution in [0.2, 0.25) is 0 Å². The number of carbonyl (C=O) groups is 2. The maximum absolute atomic E-state index is 12.2. The Kier molecular flexibility index (Phi) is 21.5. The third-order valence-corrected chi connectivity index (χ3v) is 8.95. The summed E-state index contributed by atoms with van der Waals surface area (Å²) in [6, 6.07) is 0. The molecule has 1 N–H and O–H groups in total. The highest BCUT2D eigenvalue weighted by Gasteiger charge is 2.35. The minimum atomic E-state index is -0.730. The lowest BCUT2D eigenvalue weighted by Crippen LogP contribution is -2.39. The summed E-state index contributed by atoms with van der Waals surface area (Å²) in [6.07, 6.45) is 43.2. The summed E-state index contributed by atoms with van der Waals surface area (Å²) in [4.78, 5) is 24.1. The second kappa shape index (κ2) is 25.2. The molecule has 0 radical (unpaired) electrons. The van der Waals surface area contributed by atoms with Gasteiger partial charge in [0.1, 0.15) is 0 Å². The summed E-state index contributed by atoms with van der Waals surface area (Å²) < 4.78 is 11.9. The first kappa shape index (κ1) is 39.3. The van der Waals surface area contributed by atoms with Crippen molar-refractivity contribution < 1.29 is 24.2 Å². The van der Waals surface area contributed by atoms with Gasteiger partial charge in [0.25, 0.3) is 0 Å². The Bertz CT molecular complexity index is 1050. The van der Waals surface area contributed by atoms with Crippen molar-refractivity contribution in [3.63, 3.8) is 0 Å². The molecule has 46 heavy (non-hydrogen) atoms. The van der Waals surface area contributed by atoms with Crippen LogP contribution in [0.3, 0.4) is 0 Å². The third kappa shape index (κ3) is 19.6. The zero-order chi connectivity index (χ0) is 33.2. The Balaban J connectivity index is 1.88. The van der Waals surface area contributed by atoms with Crippen LogP contribution in [0.5, 0.6) is 0 Å². The van der Waals surface area contributed by atoms with E-state index in [1.54, 1.807) is 0 Å². The van der Waals surface area contributed by atoms with Crippen molar-refractivity contribution in [1.29, 1.82) is 0 Å². The van der Waals surface area contributed by atoms with Crippen LogP contribution in [0.4, 0.5) is 0 Å². The molecule has 0 aliphatic carbocycles. The molecule has 0 spiro atoms. The molecule has 5 nitrogen and oxygen atoms in total. The minimum absolute atomic E-state index is 0.0637. The Hall–Kier alpha value is -2.92. The van der Waals surface area contributed by atoms with Crippen molar-refractivity contribution in [3.05, 3.63) is 85.1 Å². The van der Waals surface area contributed by atoms with E-state index < -0.39 is 11.9 Å². The highest BCUT2D eigenvalue weighted by molar-refractivity contribution is 5.70. The summed E-state index contributed by atoms with van der Waals surface area (Å²) in [7, 11) is 0. The van der Waals surface area contributed by atoms with Crippen molar-refractivity contribution >= 4 is 11.9 Å². The number of rotatable bonds is 1. The number of carboxylic acids is 1. The Morgan fingerprint density at radius 2 is 1.28 bits per heavy atom. The van der Waals surface area contributed by atoms with Crippen LogP contribution >= 0.6 is 0 Å². The number of esters is 1. The lowest BCUT2D eigenvalue weighted by Gasteiger charge is -2.34. The number of allylic oxidation sites excluding steroid dienone is 14. The lowest BCUT2D eigenvalue weighted by molar-refractivity contribution is -0.158. The van der Waals surface area contributed by atoms with Crippen molar-refractivity contribution in [2.75, 3.05) is 6.61 Å². The average molecular weight is 635 g/mol. The molecule has 0 aromatic heterocycles. The molecule has 6 atom stereocenters. The van der Waals surface area contributed by atoms with Crippen LogP contribution in [0.1, 0.15) is 117 Å². The van der Waals surface area contributed by atoms with E-state index >= 15 is 0 Å². The Morgan fingerprint density at radius 3 is 1.98 bits per heavy atom. The highest BCUT2D eigenvalue weighted by atomic mass is 16.5. The monoisotopic (exact) mass is 634 g/mol. The number of ether oxygens (including phenoxy) is 2. The molecular formula is C41H62O5. The molecular weight excluding hydrogens is 572 g/mol. The number of fused-ring (bicyclic) bond motifs is 2. The van der Waals surface area contributed by atoms with E-state index in [2.05, 4.69) is 39.0 Å². The van der Waals surface area contributed by atoms with Gasteiger partial charge < -0.3 is 14.6 Å². The standard InChI is InChI=1S/C41H62O5/c1-34-24-19-16-14-18-22-29-40(42)45-33-36(3)32-35(2)25-20-15-12-10-8-6-4-5-7-9-11-13-17-21-28-39-38(41(43)44)31-30-37(46-39)27-23-26-34/h4-13,15,17,20,25,34-39H,14,16,18-19,21-24,26-33H2,1-3H3,(H,43,44). The zero-order valence-electron chi connectivity index (χ0n) is 28.9. The molecule has 0 aromatic rings. The highest BCUT2D eigenvalue weighted by Crippen LogP contribution is 2.31. The molecule has 256 valence electrons. The predicted molar refractivity (Wildman–Crippen MR) is 191 cm³/mol. The van der Waals surface area contributed by atoms with Gasteiger partial charge in [0.15, 0.2) is 0 Å². The van der Waals surface area contributed by atoms with Crippen LogP contribution in [0, 0.1) is 23.7 Å². The molecule has 2 aliphatic heterocycles. The molecule has 1 fully saturated rings. The topological polar surface area (TPSA) is 72.8 Å². The summed E-state index contributed by atoms with van der Waals surface area (Å²) in [6.45, 7) is 7.19. The van der Waals surface area contributed by atoms with Gasteiger partial charge in [-0.1, -0.05) is 151 Å². The molecule has 2 heterocycles. The number of cyclic esters (lactones) is 1. The van der Waals surface area contributed by atoms with Crippen LogP contribution in [0.25, 0.3) is 0 Å². The van der Waals surface area contributed by atoms with Crippen LogP contribution in [-0.4, -0.2) is 35.9 Å². The van der Waals surface area contributed by atoms with Crippen molar-refractivity contribution in [1.82, 2.24) is 0 Å².